The van der Waals surface area contributed by atoms with Crippen LogP contribution >= 0.6 is 11.6 Å². The van der Waals surface area contributed by atoms with Gasteiger partial charge in [0.1, 0.15) is 0 Å². The van der Waals surface area contributed by atoms with Gasteiger partial charge in [-0.05, 0) is 29.8 Å². The summed E-state index contributed by atoms with van der Waals surface area (Å²) < 4.78 is 51.2. The van der Waals surface area contributed by atoms with Crippen molar-refractivity contribution in [1.29, 1.82) is 0 Å². The summed E-state index contributed by atoms with van der Waals surface area (Å²) in [4.78, 5) is -0.00525. The molecule has 0 saturated carbocycles. The van der Waals surface area contributed by atoms with Gasteiger partial charge in [-0.1, -0.05) is 41.9 Å². The number of aliphatic hydroxyl groups excluding tert-OH is 1. The van der Waals surface area contributed by atoms with Crippen LogP contribution in [0.3, 0.4) is 0 Å². The van der Waals surface area contributed by atoms with Gasteiger partial charge >= 0.3 is 0 Å². The minimum Gasteiger partial charge on any atom is -0.390 e. The van der Waals surface area contributed by atoms with Crippen molar-refractivity contribution in [3.05, 3.63) is 65.2 Å². The van der Waals surface area contributed by atoms with Crippen molar-refractivity contribution in [3.8, 4) is 0 Å². The van der Waals surface area contributed by atoms with E-state index in [9.17, 15) is 21.9 Å². The van der Waals surface area contributed by atoms with Crippen LogP contribution in [0.2, 0.25) is 5.02 Å². The second-order valence-electron chi connectivity index (χ2n) is 6.20. The standard InChI is InChI=1S/C17H18ClNO5S2/c18-14-6-8-15(9-7-14)26(23,24)19(10-13-4-2-1-3-5-13)16-11-25(21,22)12-17(16)20/h1-9,16-17,20H,10-12H2/t16-,17+/m0/s1. The number of rotatable bonds is 5. The van der Waals surface area contributed by atoms with E-state index < -0.39 is 43.5 Å². The third-order valence-corrected chi connectivity index (χ3v) is 8.10. The van der Waals surface area contributed by atoms with Crippen LogP contribution in [0.25, 0.3) is 0 Å². The zero-order chi connectivity index (χ0) is 18.9. The number of hydrogen-bond acceptors (Lipinski definition) is 5. The highest BCUT2D eigenvalue weighted by Gasteiger charge is 2.44. The van der Waals surface area contributed by atoms with E-state index in [1.165, 1.54) is 24.3 Å². The highest BCUT2D eigenvalue weighted by Crippen LogP contribution is 2.28. The smallest absolute Gasteiger partial charge is 0.243 e. The minimum absolute atomic E-state index is 0.00525. The third-order valence-electron chi connectivity index (χ3n) is 4.26. The van der Waals surface area contributed by atoms with Gasteiger partial charge in [0.05, 0.1) is 28.5 Å². The Hall–Kier alpha value is -1.45. The molecule has 3 rings (SSSR count). The molecule has 1 aliphatic heterocycles. The number of benzene rings is 2. The lowest BCUT2D eigenvalue weighted by Crippen LogP contribution is -2.46. The molecule has 0 amide bonds. The number of halogens is 1. The van der Waals surface area contributed by atoms with Gasteiger partial charge in [-0.15, -0.1) is 0 Å². The fraction of sp³-hybridized carbons (Fsp3) is 0.294. The lowest BCUT2D eigenvalue weighted by atomic mass is 10.2. The highest BCUT2D eigenvalue weighted by molar-refractivity contribution is 7.92. The van der Waals surface area contributed by atoms with Gasteiger partial charge in [-0.25, -0.2) is 16.8 Å². The van der Waals surface area contributed by atoms with Gasteiger partial charge in [0, 0.05) is 11.6 Å². The van der Waals surface area contributed by atoms with Crippen molar-refractivity contribution in [2.75, 3.05) is 11.5 Å². The average molecular weight is 416 g/mol. The van der Waals surface area contributed by atoms with E-state index in [1.54, 1.807) is 30.3 Å². The fourth-order valence-corrected chi connectivity index (χ4v) is 6.63. The summed E-state index contributed by atoms with van der Waals surface area (Å²) in [7, 11) is -7.54. The number of sulfone groups is 1. The van der Waals surface area contributed by atoms with Crippen LogP contribution in [0.15, 0.2) is 59.5 Å². The first kappa shape index (κ1) is 19.3. The zero-order valence-corrected chi connectivity index (χ0v) is 16.1. The van der Waals surface area contributed by atoms with Crippen molar-refractivity contribution in [2.45, 2.75) is 23.6 Å². The number of aliphatic hydroxyl groups is 1. The molecule has 140 valence electrons. The maximum absolute atomic E-state index is 13.2. The molecule has 1 aliphatic rings. The molecule has 0 radical (unpaired) electrons. The summed E-state index contributed by atoms with van der Waals surface area (Å²) >= 11 is 5.83. The average Bonchev–Trinajstić information content (AvgIpc) is 2.86. The first-order chi connectivity index (χ1) is 12.2. The van der Waals surface area contributed by atoms with Crippen LogP contribution in [0.1, 0.15) is 5.56 Å². The molecule has 9 heteroatoms. The third kappa shape index (κ3) is 4.10. The predicted molar refractivity (Wildman–Crippen MR) is 99.1 cm³/mol. The van der Waals surface area contributed by atoms with E-state index in [4.69, 9.17) is 11.6 Å². The van der Waals surface area contributed by atoms with Crippen LogP contribution in [-0.2, 0) is 26.4 Å². The van der Waals surface area contributed by atoms with E-state index in [1.807, 2.05) is 0 Å². The van der Waals surface area contributed by atoms with Crippen molar-refractivity contribution in [2.24, 2.45) is 0 Å². The Balaban J connectivity index is 2.04. The topological polar surface area (TPSA) is 91.8 Å². The Morgan fingerprint density at radius 3 is 2.19 bits per heavy atom. The largest absolute Gasteiger partial charge is 0.390 e. The van der Waals surface area contributed by atoms with Crippen molar-refractivity contribution < 1.29 is 21.9 Å². The molecule has 1 heterocycles. The molecule has 0 aromatic heterocycles. The summed E-state index contributed by atoms with van der Waals surface area (Å²) in [5.41, 5.74) is 0.696. The summed E-state index contributed by atoms with van der Waals surface area (Å²) in [6.07, 6.45) is -1.27. The molecule has 1 saturated heterocycles. The van der Waals surface area contributed by atoms with Crippen molar-refractivity contribution in [1.82, 2.24) is 4.31 Å². The van der Waals surface area contributed by atoms with Gasteiger partial charge in [0.15, 0.2) is 9.84 Å². The normalized spacial score (nSPS) is 22.6. The van der Waals surface area contributed by atoms with Crippen LogP contribution < -0.4 is 0 Å². The maximum atomic E-state index is 13.2. The van der Waals surface area contributed by atoms with E-state index in [0.29, 0.717) is 10.6 Å². The van der Waals surface area contributed by atoms with Crippen LogP contribution in [0.4, 0.5) is 0 Å². The van der Waals surface area contributed by atoms with E-state index in [2.05, 4.69) is 0 Å². The molecule has 6 nitrogen and oxygen atoms in total. The quantitative estimate of drug-likeness (QED) is 0.802. The SMILES string of the molecule is O=S1(=O)C[C@@H](O)[C@@H](N(Cc2ccccc2)S(=O)(=O)c2ccc(Cl)cc2)C1. The highest BCUT2D eigenvalue weighted by atomic mass is 35.5. The second-order valence-corrected chi connectivity index (χ2v) is 10.7. The molecular formula is C17H18ClNO5S2. The molecular weight excluding hydrogens is 398 g/mol. The molecule has 0 unspecified atom stereocenters. The summed E-state index contributed by atoms with van der Waals surface area (Å²) in [6, 6.07) is 13.4. The zero-order valence-electron chi connectivity index (χ0n) is 13.7. The molecule has 0 aliphatic carbocycles. The van der Waals surface area contributed by atoms with Crippen molar-refractivity contribution >= 4 is 31.5 Å². The first-order valence-corrected chi connectivity index (χ1v) is 11.5. The predicted octanol–water partition coefficient (Wildman–Crippen LogP) is 1.69. The fourth-order valence-electron chi connectivity index (χ4n) is 2.97. The van der Waals surface area contributed by atoms with Crippen LogP contribution in [0, 0.1) is 0 Å². The Morgan fingerprint density at radius 2 is 1.65 bits per heavy atom. The van der Waals surface area contributed by atoms with Crippen molar-refractivity contribution in [3.63, 3.8) is 0 Å². The lowest BCUT2D eigenvalue weighted by molar-refractivity contribution is 0.125. The summed E-state index contributed by atoms with van der Waals surface area (Å²) in [5, 5.41) is 10.6. The molecule has 1 N–H and O–H groups in total. The number of sulfonamides is 1. The van der Waals surface area contributed by atoms with Crippen LogP contribution in [0.5, 0.6) is 0 Å². The Bertz CT molecular complexity index is 976. The van der Waals surface area contributed by atoms with Gasteiger partial charge < -0.3 is 5.11 Å². The number of nitrogens with zero attached hydrogens (tertiary/aromatic N) is 1. The maximum Gasteiger partial charge on any atom is 0.243 e. The monoisotopic (exact) mass is 415 g/mol. The lowest BCUT2D eigenvalue weighted by Gasteiger charge is -2.29. The van der Waals surface area contributed by atoms with E-state index in [0.717, 1.165) is 4.31 Å². The van der Waals surface area contributed by atoms with Crippen LogP contribution in [-0.4, -0.2) is 49.9 Å². The summed E-state index contributed by atoms with van der Waals surface area (Å²) in [5.74, 6) is -0.854. The van der Waals surface area contributed by atoms with E-state index >= 15 is 0 Å². The Morgan fingerprint density at radius 1 is 1.04 bits per heavy atom. The molecule has 0 bridgehead atoms. The van der Waals surface area contributed by atoms with E-state index in [-0.39, 0.29) is 11.4 Å². The molecule has 2 aromatic carbocycles. The minimum atomic E-state index is -4.03. The Labute approximate surface area is 158 Å². The molecule has 2 atom stereocenters. The number of hydrogen-bond donors (Lipinski definition) is 1. The van der Waals surface area contributed by atoms with Gasteiger partial charge in [-0.3, -0.25) is 0 Å². The van der Waals surface area contributed by atoms with Gasteiger partial charge in [0.25, 0.3) is 0 Å². The molecule has 26 heavy (non-hydrogen) atoms. The van der Waals surface area contributed by atoms with Gasteiger partial charge in [0.2, 0.25) is 10.0 Å². The first-order valence-electron chi connectivity index (χ1n) is 7.89. The Kier molecular flexibility index (Phi) is 5.41. The summed E-state index contributed by atoms with van der Waals surface area (Å²) in [6.45, 7) is -0.0386. The molecule has 2 aromatic rings. The molecule has 1 fully saturated rings. The molecule has 0 spiro atoms. The van der Waals surface area contributed by atoms with Gasteiger partial charge in [-0.2, -0.15) is 4.31 Å². The second kappa shape index (κ2) is 7.28.